The number of allylic oxidation sites excluding steroid dienone is 5. The van der Waals surface area contributed by atoms with Crippen LogP contribution in [0.2, 0.25) is 0 Å². The molecule has 0 N–H and O–H groups in total. The fourth-order valence-electron chi connectivity index (χ4n) is 0.592. The van der Waals surface area contributed by atoms with E-state index >= 15 is 0 Å². The summed E-state index contributed by atoms with van der Waals surface area (Å²) in [4.78, 5) is 0. The average molecular weight is 180 g/mol. The van der Waals surface area contributed by atoms with Crippen LogP contribution in [0, 0.1) is 45.3 Å². The fraction of sp³-hybridized carbons (Fsp3) is 0. The number of hydrogen-bond donors (Lipinski definition) is 0. The highest BCUT2D eigenvalue weighted by Crippen LogP contribution is 2.03. The third-order valence-electron chi connectivity index (χ3n) is 1.14. The molecule has 0 heterocycles. The molecule has 0 aromatic carbocycles. The second-order valence-electron chi connectivity index (χ2n) is 2.14. The van der Waals surface area contributed by atoms with Crippen molar-refractivity contribution in [3.05, 3.63) is 35.5 Å². The number of hydrogen-bond acceptors (Lipinski definition) is 4. The van der Waals surface area contributed by atoms with E-state index in [1.807, 2.05) is 0 Å². The van der Waals surface area contributed by atoms with Gasteiger partial charge in [0, 0.05) is 0 Å². The van der Waals surface area contributed by atoms with E-state index in [0.717, 1.165) is 0 Å². The lowest BCUT2D eigenvalue weighted by Crippen LogP contribution is -1.78. The maximum atomic E-state index is 8.39. The van der Waals surface area contributed by atoms with Gasteiger partial charge in [0.1, 0.15) is 35.4 Å². The first kappa shape index (κ1) is 11.2. The van der Waals surface area contributed by atoms with Crippen LogP contribution in [0.1, 0.15) is 0 Å². The van der Waals surface area contributed by atoms with Crippen molar-refractivity contribution >= 4 is 0 Å². The molecule has 4 nitrogen and oxygen atoms in total. The molecule has 4 heteroatoms. The van der Waals surface area contributed by atoms with E-state index in [0.29, 0.717) is 0 Å². The zero-order chi connectivity index (χ0) is 11.0. The molecule has 0 saturated carbocycles. The minimum Gasteiger partial charge on any atom is -0.192 e. The van der Waals surface area contributed by atoms with Crippen molar-refractivity contribution in [3.8, 4) is 24.3 Å². The molecule has 0 aliphatic heterocycles. The molecular weight excluding hydrogens is 176 g/mol. The molecule has 0 aliphatic carbocycles. The largest absolute Gasteiger partial charge is 0.192 e. The van der Waals surface area contributed by atoms with Crippen LogP contribution in [-0.4, -0.2) is 0 Å². The van der Waals surface area contributed by atoms with Crippen molar-refractivity contribution in [2.75, 3.05) is 0 Å². The predicted octanol–water partition coefficient (Wildman–Crippen LogP) is 1.49. The van der Waals surface area contributed by atoms with Gasteiger partial charge in [-0.05, 0) is 17.7 Å². The van der Waals surface area contributed by atoms with Gasteiger partial charge in [0.05, 0.1) is 0 Å². The van der Waals surface area contributed by atoms with Crippen molar-refractivity contribution in [2.45, 2.75) is 0 Å². The van der Waals surface area contributed by atoms with Crippen molar-refractivity contribution < 1.29 is 0 Å². The first-order valence-electron chi connectivity index (χ1n) is 3.40. The Morgan fingerprint density at radius 3 is 1.29 bits per heavy atom. The molecule has 0 fully saturated rings. The SMILES string of the molecule is C=C(C=C(C#N)C#N)C=C(C#N)C#N. The van der Waals surface area contributed by atoms with E-state index in [2.05, 4.69) is 6.58 Å². The molecule has 0 amide bonds. The van der Waals surface area contributed by atoms with Gasteiger partial charge in [-0.15, -0.1) is 0 Å². The van der Waals surface area contributed by atoms with Crippen molar-refractivity contribution in [1.82, 2.24) is 0 Å². The fourth-order valence-corrected chi connectivity index (χ4v) is 0.592. The lowest BCUT2D eigenvalue weighted by Gasteiger charge is -1.87. The van der Waals surface area contributed by atoms with Crippen LogP contribution >= 0.6 is 0 Å². The molecule has 0 aromatic rings. The molecule has 0 aromatic heterocycles. The molecule has 0 bridgehead atoms. The minimum atomic E-state index is -0.124. The van der Waals surface area contributed by atoms with Crippen LogP contribution in [-0.2, 0) is 0 Å². The summed E-state index contributed by atoms with van der Waals surface area (Å²) in [6.45, 7) is 3.47. The lowest BCUT2D eigenvalue weighted by molar-refractivity contribution is 1.44. The summed E-state index contributed by atoms with van der Waals surface area (Å²) < 4.78 is 0. The highest BCUT2D eigenvalue weighted by molar-refractivity contribution is 5.48. The van der Waals surface area contributed by atoms with Crippen LogP contribution in [0.5, 0.6) is 0 Å². The van der Waals surface area contributed by atoms with Gasteiger partial charge in [0.25, 0.3) is 0 Å². The van der Waals surface area contributed by atoms with Crippen molar-refractivity contribution in [3.63, 3.8) is 0 Å². The quantitative estimate of drug-likeness (QED) is 0.475. The minimum absolute atomic E-state index is 0.124. The summed E-state index contributed by atoms with van der Waals surface area (Å²) in [5.74, 6) is 0. The van der Waals surface area contributed by atoms with Gasteiger partial charge in [-0.3, -0.25) is 0 Å². The van der Waals surface area contributed by atoms with Crippen LogP contribution < -0.4 is 0 Å². The Labute approximate surface area is 81.5 Å². The molecule has 0 saturated heterocycles. The van der Waals surface area contributed by atoms with Crippen molar-refractivity contribution in [1.29, 1.82) is 21.0 Å². The van der Waals surface area contributed by atoms with E-state index in [-0.39, 0.29) is 16.7 Å². The molecular formula is C10H4N4. The Bertz CT molecular complexity index is 390. The summed E-state index contributed by atoms with van der Waals surface area (Å²) in [6, 6.07) is 6.54. The zero-order valence-electron chi connectivity index (χ0n) is 7.15. The molecule has 0 rings (SSSR count). The Hall–Kier alpha value is -2.82. The maximum Gasteiger partial charge on any atom is 0.130 e. The first-order valence-corrected chi connectivity index (χ1v) is 3.40. The van der Waals surface area contributed by atoms with Gasteiger partial charge in [0.2, 0.25) is 0 Å². The van der Waals surface area contributed by atoms with Crippen LogP contribution in [0.3, 0.4) is 0 Å². The summed E-state index contributed by atoms with van der Waals surface area (Å²) in [7, 11) is 0. The summed E-state index contributed by atoms with van der Waals surface area (Å²) >= 11 is 0. The first-order chi connectivity index (χ1) is 6.67. The Morgan fingerprint density at radius 1 is 0.786 bits per heavy atom. The summed E-state index contributed by atoms with van der Waals surface area (Å²) in [6.07, 6.45) is 2.41. The summed E-state index contributed by atoms with van der Waals surface area (Å²) in [5.41, 5.74) is 0.0177. The second-order valence-corrected chi connectivity index (χ2v) is 2.14. The van der Waals surface area contributed by atoms with E-state index in [1.54, 1.807) is 24.3 Å². The lowest BCUT2D eigenvalue weighted by atomic mass is 10.1. The topological polar surface area (TPSA) is 95.2 Å². The third-order valence-corrected chi connectivity index (χ3v) is 1.14. The summed E-state index contributed by atoms with van der Waals surface area (Å²) in [5, 5.41) is 33.6. The van der Waals surface area contributed by atoms with Crippen molar-refractivity contribution in [2.24, 2.45) is 0 Å². The van der Waals surface area contributed by atoms with E-state index in [4.69, 9.17) is 21.0 Å². The van der Waals surface area contributed by atoms with Gasteiger partial charge in [-0.2, -0.15) is 21.0 Å². The van der Waals surface area contributed by atoms with Crippen LogP contribution in [0.15, 0.2) is 35.5 Å². The number of nitriles is 4. The second kappa shape index (κ2) is 5.78. The van der Waals surface area contributed by atoms with Gasteiger partial charge in [-0.1, -0.05) is 6.58 Å². The third kappa shape index (κ3) is 3.54. The molecule has 64 valence electrons. The smallest absolute Gasteiger partial charge is 0.130 e. The number of rotatable bonds is 2. The molecule has 0 aliphatic rings. The highest BCUT2D eigenvalue weighted by atomic mass is 14.3. The van der Waals surface area contributed by atoms with Gasteiger partial charge in [0.15, 0.2) is 0 Å². The average Bonchev–Trinajstić information content (AvgIpc) is 2.22. The monoisotopic (exact) mass is 180 g/mol. The van der Waals surface area contributed by atoms with E-state index < -0.39 is 0 Å². The highest BCUT2D eigenvalue weighted by Gasteiger charge is 1.95. The predicted molar refractivity (Wildman–Crippen MR) is 47.8 cm³/mol. The number of nitrogens with zero attached hydrogens (tertiary/aromatic N) is 4. The molecule has 0 radical (unpaired) electrons. The van der Waals surface area contributed by atoms with Gasteiger partial charge in [-0.25, -0.2) is 0 Å². The van der Waals surface area contributed by atoms with Gasteiger partial charge >= 0.3 is 0 Å². The molecule has 0 unspecified atom stereocenters. The standard InChI is InChI=1S/C10H4N4/c1-8(2-9(4-11)5-12)3-10(6-13)7-14/h2-3H,1H2. The van der Waals surface area contributed by atoms with E-state index in [1.165, 1.54) is 12.2 Å². The Kier molecular flexibility index (Phi) is 4.62. The van der Waals surface area contributed by atoms with E-state index in [9.17, 15) is 0 Å². The van der Waals surface area contributed by atoms with Crippen LogP contribution in [0.4, 0.5) is 0 Å². The Morgan fingerprint density at radius 2 is 1.07 bits per heavy atom. The Balaban J connectivity index is 4.93. The normalized spacial score (nSPS) is 6.57. The zero-order valence-corrected chi connectivity index (χ0v) is 7.15. The van der Waals surface area contributed by atoms with Gasteiger partial charge < -0.3 is 0 Å². The van der Waals surface area contributed by atoms with Crippen LogP contribution in [0.25, 0.3) is 0 Å². The maximum absolute atomic E-state index is 8.39. The molecule has 0 atom stereocenters. The molecule has 0 spiro atoms. The molecule has 14 heavy (non-hydrogen) atoms.